The van der Waals surface area contributed by atoms with Crippen molar-refractivity contribution in [3.63, 3.8) is 0 Å². The summed E-state index contributed by atoms with van der Waals surface area (Å²) in [7, 11) is 1.88. The molecule has 0 amide bonds. The maximum atomic E-state index is 5.73. The third-order valence-corrected chi connectivity index (χ3v) is 3.41. The minimum Gasteiger partial charge on any atom is -0.443 e. The molecule has 0 bridgehead atoms. The van der Waals surface area contributed by atoms with Crippen molar-refractivity contribution in [2.75, 3.05) is 0 Å². The lowest BCUT2D eigenvalue weighted by atomic mass is 10.2. The lowest BCUT2D eigenvalue weighted by molar-refractivity contribution is 0.570. The van der Waals surface area contributed by atoms with E-state index in [-0.39, 0.29) is 0 Å². The zero-order chi connectivity index (χ0) is 10.1. The third-order valence-electron chi connectivity index (χ3n) is 1.88. The van der Waals surface area contributed by atoms with E-state index in [1.54, 1.807) is 10.9 Å². The van der Waals surface area contributed by atoms with Gasteiger partial charge in [0.05, 0.1) is 17.6 Å². The van der Waals surface area contributed by atoms with Gasteiger partial charge in [-0.25, -0.2) is 4.98 Å². The Hall–Kier alpha value is -0.560. The molecular weight excluding hydrogens is 316 g/mol. The van der Waals surface area contributed by atoms with E-state index in [1.807, 2.05) is 7.05 Å². The van der Waals surface area contributed by atoms with Gasteiger partial charge in [-0.15, -0.1) is 11.6 Å². The molecule has 2 aromatic rings. The van der Waals surface area contributed by atoms with Gasteiger partial charge in [-0.3, -0.25) is 4.68 Å². The van der Waals surface area contributed by atoms with Crippen LogP contribution in [0.15, 0.2) is 17.0 Å². The van der Waals surface area contributed by atoms with Gasteiger partial charge < -0.3 is 4.42 Å². The number of rotatable bonds is 2. The number of aryl methyl sites for hydroxylation is 1. The first-order chi connectivity index (χ1) is 6.74. The fourth-order valence-electron chi connectivity index (χ4n) is 1.16. The van der Waals surface area contributed by atoms with Crippen molar-refractivity contribution in [3.8, 4) is 11.3 Å². The molecule has 0 saturated carbocycles. The second-order valence-electron chi connectivity index (χ2n) is 2.73. The second kappa shape index (κ2) is 3.90. The Morgan fingerprint density at radius 3 is 3.00 bits per heavy atom. The Balaban J connectivity index is 2.54. The van der Waals surface area contributed by atoms with Gasteiger partial charge in [0, 0.05) is 7.05 Å². The van der Waals surface area contributed by atoms with E-state index in [4.69, 9.17) is 16.0 Å². The van der Waals surface area contributed by atoms with Crippen molar-refractivity contribution in [3.05, 3.63) is 22.0 Å². The molecule has 0 spiro atoms. The molecule has 0 aliphatic carbocycles. The molecule has 0 unspecified atom stereocenters. The molecule has 2 aromatic heterocycles. The fraction of sp³-hybridized carbons (Fsp3) is 0.250. The molecule has 14 heavy (non-hydrogen) atoms. The average molecular weight is 324 g/mol. The SMILES string of the molecule is Cn1ncc(-c2ocnc2CCl)c1I. The van der Waals surface area contributed by atoms with Crippen LogP contribution >= 0.6 is 34.2 Å². The quantitative estimate of drug-likeness (QED) is 0.630. The molecule has 2 heterocycles. The van der Waals surface area contributed by atoms with E-state index in [2.05, 4.69) is 32.7 Å². The van der Waals surface area contributed by atoms with Gasteiger partial charge in [0.2, 0.25) is 0 Å². The first-order valence-corrected chi connectivity index (χ1v) is 5.51. The van der Waals surface area contributed by atoms with Crippen LogP contribution < -0.4 is 0 Å². The van der Waals surface area contributed by atoms with E-state index in [9.17, 15) is 0 Å². The highest BCUT2D eigenvalue weighted by atomic mass is 127. The molecular formula is C8H7ClIN3O. The Kier molecular flexibility index (Phi) is 2.78. The van der Waals surface area contributed by atoms with Crippen LogP contribution in [0, 0.1) is 3.70 Å². The standard InChI is InChI=1S/C8H7ClIN3O/c1-13-8(10)5(3-12-13)7-6(2-9)11-4-14-7/h3-4H,2H2,1H3. The highest BCUT2D eigenvalue weighted by molar-refractivity contribution is 14.1. The molecule has 0 aliphatic heterocycles. The number of hydrogen-bond donors (Lipinski definition) is 0. The van der Waals surface area contributed by atoms with Crippen LogP contribution in [0.5, 0.6) is 0 Å². The summed E-state index contributed by atoms with van der Waals surface area (Å²) >= 11 is 7.93. The Bertz CT molecular complexity index is 451. The zero-order valence-electron chi connectivity index (χ0n) is 7.37. The number of nitrogens with zero attached hydrogens (tertiary/aromatic N) is 3. The van der Waals surface area contributed by atoms with Crippen LogP contribution in [0.25, 0.3) is 11.3 Å². The van der Waals surface area contributed by atoms with Gasteiger partial charge in [0.15, 0.2) is 12.2 Å². The molecule has 0 aromatic carbocycles. The molecule has 0 aliphatic rings. The van der Waals surface area contributed by atoms with Gasteiger partial charge in [-0.2, -0.15) is 5.10 Å². The van der Waals surface area contributed by atoms with Crippen molar-refractivity contribution in [1.82, 2.24) is 14.8 Å². The van der Waals surface area contributed by atoms with E-state index in [0.29, 0.717) is 11.6 Å². The van der Waals surface area contributed by atoms with E-state index < -0.39 is 0 Å². The summed E-state index contributed by atoms with van der Waals surface area (Å²) in [6.45, 7) is 0. The van der Waals surface area contributed by atoms with Crippen molar-refractivity contribution >= 4 is 34.2 Å². The van der Waals surface area contributed by atoms with Crippen LogP contribution in [-0.4, -0.2) is 14.8 Å². The largest absolute Gasteiger partial charge is 0.443 e. The van der Waals surface area contributed by atoms with Crippen LogP contribution in [0.1, 0.15) is 5.69 Å². The molecule has 0 N–H and O–H groups in total. The van der Waals surface area contributed by atoms with E-state index in [1.165, 1.54) is 6.39 Å². The summed E-state index contributed by atoms with van der Waals surface area (Å²) in [5.74, 6) is 1.05. The molecule has 0 fully saturated rings. The van der Waals surface area contributed by atoms with E-state index >= 15 is 0 Å². The number of hydrogen-bond acceptors (Lipinski definition) is 3. The number of oxazole rings is 1. The Morgan fingerprint density at radius 1 is 1.64 bits per heavy atom. The van der Waals surface area contributed by atoms with Gasteiger partial charge in [-0.1, -0.05) is 0 Å². The Labute approximate surface area is 99.4 Å². The number of halogens is 2. The van der Waals surface area contributed by atoms with Crippen molar-refractivity contribution in [2.45, 2.75) is 5.88 Å². The predicted octanol–water partition coefficient (Wildman–Crippen LogP) is 2.42. The monoisotopic (exact) mass is 323 g/mol. The number of aromatic nitrogens is 3. The predicted molar refractivity (Wildman–Crippen MR) is 61.0 cm³/mol. The smallest absolute Gasteiger partial charge is 0.181 e. The van der Waals surface area contributed by atoms with Crippen molar-refractivity contribution < 1.29 is 4.42 Å². The highest BCUT2D eigenvalue weighted by Crippen LogP contribution is 2.27. The lowest BCUT2D eigenvalue weighted by Gasteiger charge is -1.96. The summed E-state index contributed by atoms with van der Waals surface area (Å²) in [4.78, 5) is 4.02. The van der Waals surface area contributed by atoms with Crippen LogP contribution in [0.2, 0.25) is 0 Å². The minimum absolute atomic E-state index is 0.344. The molecule has 74 valence electrons. The molecule has 2 rings (SSSR count). The van der Waals surface area contributed by atoms with Gasteiger partial charge in [0.1, 0.15) is 9.39 Å². The zero-order valence-corrected chi connectivity index (χ0v) is 10.3. The van der Waals surface area contributed by atoms with Crippen LogP contribution in [0.4, 0.5) is 0 Å². The molecule has 6 heteroatoms. The maximum Gasteiger partial charge on any atom is 0.181 e. The molecule has 0 atom stereocenters. The van der Waals surface area contributed by atoms with E-state index in [0.717, 1.165) is 15.0 Å². The summed E-state index contributed by atoms with van der Waals surface area (Å²) in [5.41, 5.74) is 1.68. The van der Waals surface area contributed by atoms with Crippen molar-refractivity contribution in [1.29, 1.82) is 0 Å². The van der Waals surface area contributed by atoms with Gasteiger partial charge >= 0.3 is 0 Å². The average Bonchev–Trinajstić information content (AvgIpc) is 2.75. The first-order valence-electron chi connectivity index (χ1n) is 3.90. The van der Waals surface area contributed by atoms with Crippen LogP contribution in [0.3, 0.4) is 0 Å². The third kappa shape index (κ3) is 1.54. The van der Waals surface area contributed by atoms with Gasteiger partial charge in [0.25, 0.3) is 0 Å². The normalized spacial score (nSPS) is 10.8. The minimum atomic E-state index is 0.344. The Morgan fingerprint density at radius 2 is 2.43 bits per heavy atom. The van der Waals surface area contributed by atoms with Crippen LogP contribution in [-0.2, 0) is 12.9 Å². The van der Waals surface area contributed by atoms with Gasteiger partial charge in [-0.05, 0) is 22.6 Å². The molecule has 4 nitrogen and oxygen atoms in total. The van der Waals surface area contributed by atoms with Crippen molar-refractivity contribution in [2.24, 2.45) is 7.05 Å². The second-order valence-corrected chi connectivity index (χ2v) is 4.02. The fourth-order valence-corrected chi connectivity index (χ4v) is 1.86. The topological polar surface area (TPSA) is 43.9 Å². The summed E-state index contributed by atoms with van der Waals surface area (Å²) in [6.07, 6.45) is 3.15. The molecule has 0 radical (unpaired) electrons. The number of alkyl halides is 1. The summed E-state index contributed by atoms with van der Waals surface area (Å²) in [6, 6.07) is 0. The summed E-state index contributed by atoms with van der Waals surface area (Å²) < 4.78 is 8.06. The molecule has 0 saturated heterocycles. The maximum absolute atomic E-state index is 5.73. The lowest BCUT2D eigenvalue weighted by Crippen LogP contribution is -1.92. The highest BCUT2D eigenvalue weighted by Gasteiger charge is 2.15. The first kappa shape index (κ1) is 9.97. The summed E-state index contributed by atoms with van der Waals surface area (Å²) in [5, 5.41) is 4.13.